The SMILES string of the molecule is N#Cc1ccc2c3ccccc3n(-c3ccc(-c4c(C#N)cccc4-n4c5ccccc5c5c(-n6c7ccccc7c7ccccc76)cccc54)cc3)c2c1. The first-order valence-corrected chi connectivity index (χ1v) is 18.3. The van der Waals surface area contributed by atoms with Crippen molar-refractivity contribution >= 4 is 65.4 Å². The Hall–Kier alpha value is -7.86. The van der Waals surface area contributed by atoms with Crippen molar-refractivity contribution in [3.05, 3.63) is 187 Å². The lowest BCUT2D eigenvalue weighted by molar-refractivity contribution is 1.16. The molecule has 0 saturated carbocycles. The van der Waals surface area contributed by atoms with E-state index in [9.17, 15) is 10.5 Å². The van der Waals surface area contributed by atoms with Gasteiger partial charge in [-0.2, -0.15) is 10.5 Å². The Labute approximate surface area is 316 Å². The van der Waals surface area contributed by atoms with E-state index in [2.05, 4.69) is 159 Å². The molecule has 0 aliphatic rings. The van der Waals surface area contributed by atoms with Crippen LogP contribution in [0.2, 0.25) is 0 Å². The van der Waals surface area contributed by atoms with Gasteiger partial charge in [-0.25, -0.2) is 0 Å². The van der Waals surface area contributed by atoms with Crippen LogP contribution >= 0.6 is 0 Å². The molecule has 254 valence electrons. The number of fused-ring (bicyclic) bond motifs is 9. The predicted molar refractivity (Wildman–Crippen MR) is 224 cm³/mol. The van der Waals surface area contributed by atoms with Crippen molar-refractivity contribution in [2.45, 2.75) is 0 Å². The average molecular weight is 700 g/mol. The second-order valence-corrected chi connectivity index (χ2v) is 13.9. The molecule has 0 aliphatic heterocycles. The van der Waals surface area contributed by atoms with E-state index in [0.717, 1.165) is 82.8 Å². The molecule has 5 nitrogen and oxygen atoms in total. The molecule has 3 aromatic heterocycles. The number of nitrogens with zero attached hydrogens (tertiary/aromatic N) is 5. The highest BCUT2D eigenvalue weighted by molar-refractivity contribution is 6.17. The molecule has 0 saturated heterocycles. The Bertz CT molecular complexity index is 3400. The molecule has 11 rings (SSSR count). The fourth-order valence-corrected chi connectivity index (χ4v) is 8.85. The molecule has 0 fully saturated rings. The fourth-order valence-electron chi connectivity index (χ4n) is 8.85. The predicted octanol–water partition coefficient (Wildman–Crippen LogP) is 12.4. The largest absolute Gasteiger partial charge is 0.309 e. The van der Waals surface area contributed by atoms with Crippen LogP contribution in [0.5, 0.6) is 0 Å². The van der Waals surface area contributed by atoms with Crippen LogP contribution in [-0.2, 0) is 0 Å². The fraction of sp³-hybridized carbons (Fsp3) is 0. The summed E-state index contributed by atoms with van der Waals surface area (Å²) in [7, 11) is 0. The highest BCUT2D eigenvalue weighted by atomic mass is 15.0. The Morgan fingerprint density at radius 3 is 1.51 bits per heavy atom. The number of nitriles is 2. The van der Waals surface area contributed by atoms with Crippen molar-refractivity contribution in [3.63, 3.8) is 0 Å². The van der Waals surface area contributed by atoms with Crippen molar-refractivity contribution in [2.75, 3.05) is 0 Å². The minimum absolute atomic E-state index is 0.602. The number of hydrogen-bond donors (Lipinski definition) is 0. The second kappa shape index (κ2) is 11.8. The average Bonchev–Trinajstić information content (AvgIpc) is 3.89. The highest BCUT2D eigenvalue weighted by Gasteiger charge is 2.22. The number of hydrogen-bond acceptors (Lipinski definition) is 2. The number of benzene rings is 8. The van der Waals surface area contributed by atoms with E-state index in [1.165, 1.54) is 10.8 Å². The van der Waals surface area contributed by atoms with Crippen LogP contribution < -0.4 is 0 Å². The molecule has 55 heavy (non-hydrogen) atoms. The molecule has 0 N–H and O–H groups in total. The van der Waals surface area contributed by atoms with Crippen molar-refractivity contribution in [3.8, 4) is 40.3 Å². The summed E-state index contributed by atoms with van der Waals surface area (Å²) in [6.07, 6.45) is 0. The molecular weight excluding hydrogens is 671 g/mol. The van der Waals surface area contributed by atoms with Gasteiger partial charge in [0.2, 0.25) is 0 Å². The Kier molecular flexibility index (Phi) is 6.61. The van der Waals surface area contributed by atoms with Crippen LogP contribution in [0.25, 0.3) is 93.6 Å². The van der Waals surface area contributed by atoms with Gasteiger partial charge >= 0.3 is 0 Å². The third kappa shape index (κ3) is 4.39. The molecule has 0 spiro atoms. The number of para-hydroxylation sites is 4. The quantitative estimate of drug-likeness (QED) is 0.184. The van der Waals surface area contributed by atoms with Crippen molar-refractivity contribution < 1.29 is 0 Å². The van der Waals surface area contributed by atoms with Crippen LogP contribution in [0.4, 0.5) is 0 Å². The first kappa shape index (κ1) is 30.7. The number of aromatic nitrogens is 3. The molecule has 8 aromatic carbocycles. The van der Waals surface area contributed by atoms with Gasteiger partial charge in [0.15, 0.2) is 0 Å². The summed E-state index contributed by atoms with van der Waals surface area (Å²) in [6, 6.07) is 65.9. The molecule has 0 radical (unpaired) electrons. The maximum Gasteiger partial charge on any atom is 0.0998 e. The molecule has 0 unspecified atom stereocenters. The zero-order chi connectivity index (χ0) is 36.6. The van der Waals surface area contributed by atoms with Crippen LogP contribution in [0.15, 0.2) is 176 Å². The summed E-state index contributed by atoms with van der Waals surface area (Å²) in [5, 5.41) is 27.3. The molecule has 5 heteroatoms. The van der Waals surface area contributed by atoms with Crippen molar-refractivity contribution in [1.82, 2.24) is 13.7 Å². The Morgan fingerprint density at radius 2 is 0.873 bits per heavy atom. The van der Waals surface area contributed by atoms with Crippen molar-refractivity contribution in [1.29, 1.82) is 10.5 Å². The van der Waals surface area contributed by atoms with Gasteiger partial charge in [-0.3, -0.25) is 0 Å². The van der Waals surface area contributed by atoms with Gasteiger partial charge in [-0.15, -0.1) is 0 Å². The maximum atomic E-state index is 10.6. The van der Waals surface area contributed by atoms with E-state index >= 15 is 0 Å². The summed E-state index contributed by atoms with van der Waals surface area (Å²) < 4.78 is 6.93. The second-order valence-electron chi connectivity index (χ2n) is 13.9. The van der Waals surface area contributed by atoms with E-state index in [4.69, 9.17) is 0 Å². The van der Waals surface area contributed by atoms with Crippen molar-refractivity contribution in [2.24, 2.45) is 0 Å². The molecule has 0 aliphatic carbocycles. The Morgan fingerprint density at radius 1 is 0.364 bits per heavy atom. The smallest absolute Gasteiger partial charge is 0.0998 e. The number of rotatable bonds is 4. The van der Waals surface area contributed by atoms with E-state index in [1.54, 1.807) is 0 Å². The first-order chi connectivity index (χ1) is 27.2. The minimum atomic E-state index is 0.602. The lowest BCUT2D eigenvalue weighted by Gasteiger charge is -2.17. The zero-order valence-corrected chi connectivity index (χ0v) is 29.5. The minimum Gasteiger partial charge on any atom is -0.309 e. The van der Waals surface area contributed by atoms with Crippen LogP contribution in [0, 0.1) is 22.7 Å². The van der Waals surface area contributed by atoms with E-state index < -0.39 is 0 Å². The third-order valence-electron chi connectivity index (χ3n) is 11.1. The molecule has 0 atom stereocenters. The van der Waals surface area contributed by atoms with Gasteiger partial charge in [-0.1, -0.05) is 103 Å². The molecule has 11 aromatic rings. The van der Waals surface area contributed by atoms with Gasteiger partial charge < -0.3 is 13.7 Å². The molecule has 0 amide bonds. The van der Waals surface area contributed by atoms with E-state index in [-0.39, 0.29) is 0 Å². The topological polar surface area (TPSA) is 62.4 Å². The third-order valence-corrected chi connectivity index (χ3v) is 11.1. The van der Waals surface area contributed by atoms with Gasteiger partial charge in [0.25, 0.3) is 0 Å². The summed E-state index contributed by atoms with van der Waals surface area (Å²) in [5.41, 5.74) is 12.6. The van der Waals surface area contributed by atoms with Gasteiger partial charge in [0.1, 0.15) is 0 Å². The molecular formula is C50H29N5. The molecule has 3 heterocycles. The monoisotopic (exact) mass is 699 g/mol. The van der Waals surface area contributed by atoms with E-state index in [0.29, 0.717) is 11.1 Å². The maximum absolute atomic E-state index is 10.6. The van der Waals surface area contributed by atoms with Gasteiger partial charge in [0.05, 0.1) is 67.7 Å². The summed E-state index contributed by atoms with van der Waals surface area (Å²) in [4.78, 5) is 0. The summed E-state index contributed by atoms with van der Waals surface area (Å²) in [5.74, 6) is 0. The summed E-state index contributed by atoms with van der Waals surface area (Å²) in [6.45, 7) is 0. The normalized spacial score (nSPS) is 11.6. The Balaban J connectivity index is 1.15. The van der Waals surface area contributed by atoms with Crippen LogP contribution in [0.3, 0.4) is 0 Å². The van der Waals surface area contributed by atoms with Crippen LogP contribution in [0.1, 0.15) is 11.1 Å². The van der Waals surface area contributed by atoms with Crippen LogP contribution in [-0.4, -0.2) is 13.7 Å². The standard InChI is InChI=1S/C50H29N5/c51-30-32-23-28-39-38-14-1-5-16-41(38)53(48(39)29-32)35-26-24-33(25-27-35)49-34(31-52)11-9-20-45(49)55-44-19-8-4-15-40(44)50-46(21-10-22-47(50)55)54-42-17-6-2-12-36(42)37-13-3-7-18-43(37)54/h1-29H. The lowest BCUT2D eigenvalue weighted by Crippen LogP contribution is -2.00. The van der Waals surface area contributed by atoms with Gasteiger partial charge in [-0.05, 0) is 78.4 Å². The lowest BCUT2D eigenvalue weighted by atomic mass is 9.97. The molecule has 0 bridgehead atoms. The highest BCUT2D eigenvalue weighted by Crippen LogP contribution is 2.42. The van der Waals surface area contributed by atoms with E-state index in [1.807, 2.05) is 42.5 Å². The zero-order valence-electron chi connectivity index (χ0n) is 29.5. The van der Waals surface area contributed by atoms with Gasteiger partial charge in [0, 0.05) is 43.6 Å². The summed E-state index contributed by atoms with van der Waals surface area (Å²) >= 11 is 0. The first-order valence-electron chi connectivity index (χ1n) is 18.3.